The smallest absolute Gasteiger partial charge is 0.291 e. The molecular formula is C26H25N3O3. The minimum Gasteiger partial charge on any atom is -0.451 e. The number of anilines is 2. The highest BCUT2D eigenvalue weighted by Gasteiger charge is 2.12. The summed E-state index contributed by atoms with van der Waals surface area (Å²) in [6.07, 6.45) is 0.285. The van der Waals surface area contributed by atoms with Crippen LogP contribution < -0.4 is 15.5 Å². The van der Waals surface area contributed by atoms with Gasteiger partial charge in [0, 0.05) is 36.9 Å². The summed E-state index contributed by atoms with van der Waals surface area (Å²) in [5.41, 5.74) is 3.31. The Bertz CT molecular complexity index is 1170. The molecule has 0 aliphatic rings. The summed E-state index contributed by atoms with van der Waals surface area (Å²) >= 11 is 0. The van der Waals surface area contributed by atoms with Crippen molar-refractivity contribution < 1.29 is 14.0 Å². The quantitative estimate of drug-likeness (QED) is 0.435. The first-order valence-electron chi connectivity index (χ1n) is 10.5. The van der Waals surface area contributed by atoms with Crippen molar-refractivity contribution in [1.82, 2.24) is 5.32 Å². The molecule has 0 saturated carbocycles. The van der Waals surface area contributed by atoms with E-state index < -0.39 is 0 Å². The average Bonchev–Trinajstić information content (AvgIpc) is 3.25. The van der Waals surface area contributed by atoms with Crippen molar-refractivity contribution in [3.63, 3.8) is 0 Å². The Labute approximate surface area is 186 Å². The summed E-state index contributed by atoms with van der Waals surface area (Å²) in [7, 11) is 2.00. The molecule has 1 heterocycles. The van der Waals surface area contributed by atoms with Crippen molar-refractivity contribution in [2.45, 2.75) is 6.42 Å². The van der Waals surface area contributed by atoms with E-state index in [4.69, 9.17) is 4.42 Å². The molecule has 3 aromatic carbocycles. The van der Waals surface area contributed by atoms with Gasteiger partial charge in [0.2, 0.25) is 5.91 Å². The lowest BCUT2D eigenvalue weighted by Gasteiger charge is -2.19. The number of para-hydroxylation sites is 2. The number of carbonyl (C=O) groups is 2. The maximum Gasteiger partial charge on any atom is 0.291 e. The van der Waals surface area contributed by atoms with Crippen LogP contribution in [0.2, 0.25) is 0 Å². The van der Waals surface area contributed by atoms with E-state index in [2.05, 4.69) is 15.5 Å². The maximum absolute atomic E-state index is 12.4. The normalized spacial score (nSPS) is 10.7. The van der Waals surface area contributed by atoms with Crippen LogP contribution in [0.4, 0.5) is 11.4 Å². The average molecular weight is 428 g/mol. The van der Waals surface area contributed by atoms with Crippen LogP contribution in [0.25, 0.3) is 11.0 Å². The summed E-state index contributed by atoms with van der Waals surface area (Å²) in [6, 6.07) is 26.5. The summed E-state index contributed by atoms with van der Waals surface area (Å²) in [4.78, 5) is 26.8. The predicted octanol–water partition coefficient (Wildman–Crippen LogP) is 4.48. The number of hydrogen-bond acceptors (Lipinski definition) is 4. The predicted molar refractivity (Wildman–Crippen MR) is 127 cm³/mol. The van der Waals surface area contributed by atoms with Gasteiger partial charge in [0.1, 0.15) is 5.58 Å². The molecule has 162 valence electrons. The van der Waals surface area contributed by atoms with Crippen LogP contribution in [0, 0.1) is 0 Å². The third-order valence-electron chi connectivity index (χ3n) is 5.19. The molecule has 4 aromatic rings. The summed E-state index contributed by atoms with van der Waals surface area (Å²) in [6.45, 7) is 1.29. The highest BCUT2D eigenvalue weighted by molar-refractivity contribution is 6.04. The Morgan fingerprint density at radius 1 is 0.906 bits per heavy atom. The molecule has 0 radical (unpaired) electrons. The van der Waals surface area contributed by atoms with Crippen molar-refractivity contribution in [2.24, 2.45) is 0 Å². The third kappa shape index (κ3) is 5.35. The van der Waals surface area contributed by atoms with Gasteiger partial charge in [0.15, 0.2) is 5.76 Å². The Hall–Kier alpha value is -4.06. The number of fused-ring (bicyclic) bond motifs is 1. The van der Waals surface area contributed by atoms with Crippen LogP contribution in [0.1, 0.15) is 16.1 Å². The lowest BCUT2D eigenvalue weighted by molar-refractivity contribution is -0.120. The second-order valence-electron chi connectivity index (χ2n) is 7.58. The van der Waals surface area contributed by atoms with Gasteiger partial charge in [-0.1, -0.05) is 48.5 Å². The van der Waals surface area contributed by atoms with E-state index in [0.717, 1.165) is 23.2 Å². The molecule has 0 saturated heterocycles. The van der Waals surface area contributed by atoms with Gasteiger partial charge in [-0.05, 0) is 42.0 Å². The van der Waals surface area contributed by atoms with E-state index in [1.165, 1.54) is 0 Å². The van der Waals surface area contributed by atoms with Gasteiger partial charge < -0.3 is 20.0 Å². The van der Waals surface area contributed by atoms with Crippen molar-refractivity contribution >= 4 is 34.2 Å². The Morgan fingerprint density at radius 3 is 2.38 bits per heavy atom. The molecule has 6 heteroatoms. The molecule has 32 heavy (non-hydrogen) atoms. The van der Waals surface area contributed by atoms with Gasteiger partial charge in [-0.25, -0.2) is 0 Å². The molecule has 0 atom stereocenters. The summed E-state index contributed by atoms with van der Waals surface area (Å²) in [5.74, 6) is -0.0881. The van der Waals surface area contributed by atoms with Crippen molar-refractivity contribution in [3.05, 3.63) is 96.3 Å². The lowest BCUT2D eigenvalue weighted by atomic mass is 10.1. The number of nitrogens with zero attached hydrogens (tertiary/aromatic N) is 1. The Balaban J connectivity index is 1.25. The summed E-state index contributed by atoms with van der Waals surface area (Å²) < 4.78 is 5.59. The van der Waals surface area contributed by atoms with Crippen LogP contribution in [0.5, 0.6) is 0 Å². The number of likely N-dealkylation sites (N-methyl/N-ethyl adjacent to an activating group) is 1. The highest BCUT2D eigenvalue weighted by atomic mass is 16.3. The Kier molecular flexibility index (Phi) is 6.51. The van der Waals surface area contributed by atoms with Gasteiger partial charge in [0.05, 0.1) is 6.42 Å². The van der Waals surface area contributed by atoms with Gasteiger partial charge >= 0.3 is 0 Å². The molecule has 0 fully saturated rings. The summed E-state index contributed by atoms with van der Waals surface area (Å²) in [5, 5.41) is 6.66. The number of rotatable bonds is 8. The van der Waals surface area contributed by atoms with E-state index in [9.17, 15) is 9.59 Å². The fourth-order valence-corrected chi connectivity index (χ4v) is 3.41. The maximum atomic E-state index is 12.4. The zero-order valence-electron chi connectivity index (χ0n) is 17.9. The van der Waals surface area contributed by atoms with E-state index in [0.29, 0.717) is 17.8 Å². The fourth-order valence-electron chi connectivity index (χ4n) is 3.41. The van der Waals surface area contributed by atoms with E-state index in [1.807, 2.05) is 73.8 Å². The highest BCUT2D eigenvalue weighted by Crippen LogP contribution is 2.20. The molecular weight excluding hydrogens is 402 g/mol. The molecule has 2 amide bonds. The fraction of sp³-hybridized carbons (Fsp3) is 0.154. The molecule has 6 nitrogen and oxygen atoms in total. The van der Waals surface area contributed by atoms with Crippen LogP contribution in [-0.2, 0) is 11.2 Å². The number of carbonyl (C=O) groups excluding carboxylic acids is 2. The second kappa shape index (κ2) is 9.83. The second-order valence-corrected chi connectivity index (χ2v) is 7.58. The van der Waals surface area contributed by atoms with Crippen LogP contribution in [-0.4, -0.2) is 32.0 Å². The largest absolute Gasteiger partial charge is 0.451 e. The number of furan rings is 1. The zero-order valence-corrected chi connectivity index (χ0v) is 17.9. The minimum absolute atomic E-state index is 0.0366. The number of amides is 2. The topological polar surface area (TPSA) is 74.6 Å². The molecule has 1 aromatic heterocycles. The number of benzene rings is 3. The lowest BCUT2D eigenvalue weighted by Crippen LogP contribution is -2.33. The van der Waals surface area contributed by atoms with Gasteiger partial charge in [-0.3, -0.25) is 9.59 Å². The van der Waals surface area contributed by atoms with Crippen LogP contribution in [0.3, 0.4) is 0 Å². The SMILES string of the molecule is CN(CCNC(=O)Cc1ccc(NC(=O)c2cc3ccccc3o2)cc1)c1ccccc1. The van der Waals surface area contributed by atoms with E-state index in [1.54, 1.807) is 18.2 Å². The molecule has 0 aliphatic carbocycles. The monoisotopic (exact) mass is 427 g/mol. The molecule has 0 unspecified atom stereocenters. The minimum atomic E-state index is -0.311. The zero-order chi connectivity index (χ0) is 22.3. The third-order valence-corrected chi connectivity index (χ3v) is 5.19. The van der Waals surface area contributed by atoms with Crippen molar-refractivity contribution in [2.75, 3.05) is 30.4 Å². The van der Waals surface area contributed by atoms with Crippen LogP contribution >= 0.6 is 0 Å². The van der Waals surface area contributed by atoms with Gasteiger partial charge in [0.25, 0.3) is 5.91 Å². The van der Waals surface area contributed by atoms with Crippen molar-refractivity contribution in [1.29, 1.82) is 0 Å². The van der Waals surface area contributed by atoms with Crippen LogP contribution in [0.15, 0.2) is 89.3 Å². The molecule has 0 aliphatic heterocycles. The number of nitrogens with one attached hydrogen (secondary N) is 2. The molecule has 0 bridgehead atoms. The first-order valence-corrected chi connectivity index (χ1v) is 10.5. The first kappa shape index (κ1) is 21.2. The first-order chi connectivity index (χ1) is 15.6. The molecule has 0 spiro atoms. The van der Waals surface area contributed by atoms with E-state index >= 15 is 0 Å². The standard InChI is InChI=1S/C26H25N3O3/c1-29(22-8-3-2-4-9-22)16-15-27-25(30)17-19-11-13-21(14-12-19)28-26(31)24-18-20-7-5-6-10-23(20)32-24/h2-14,18H,15-17H2,1H3,(H,27,30)(H,28,31). The van der Waals surface area contributed by atoms with Crippen molar-refractivity contribution in [3.8, 4) is 0 Å². The molecule has 2 N–H and O–H groups in total. The van der Waals surface area contributed by atoms with E-state index in [-0.39, 0.29) is 24.0 Å². The van der Waals surface area contributed by atoms with Gasteiger partial charge in [-0.2, -0.15) is 0 Å². The Morgan fingerprint density at radius 2 is 1.62 bits per heavy atom. The number of hydrogen-bond donors (Lipinski definition) is 2. The van der Waals surface area contributed by atoms with Gasteiger partial charge in [-0.15, -0.1) is 0 Å². The molecule has 4 rings (SSSR count).